The first kappa shape index (κ1) is 14.1. The molecule has 0 aliphatic heterocycles. The molecule has 1 atom stereocenters. The topological polar surface area (TPSA) is 47.3 Å². The van der Waals surface area contributed by atoms with Crippen molar-refractivity contribution in [1.29, 1.82) is 0 Å². The zero-order valence-corrected chi connectivity index (χ0v) is 11.4. The highest BCUT2D eigenvalue weighted by Gasteiger charge is 2.08. The van der Waals surface area contributed by atoms with E-state index in [0.717, 1.165) is 24.4 Å². The fourth-order valence-electron chi connectivity index (χ4n) is 1.75. The average molecular weight is 257 g/mol. The molecule has 0 amide bonds. The second-order valence-corrected chi connectivity index (χ2v) is 5.05. The van der Waals surface area contributed by atoms with Crippen LogP contribution in [0.1, 0.15) is 20.3 Å². The lowest BCUT2D eigenvalue weighted by molar-refractivity contribution is 0.416. The van der Waals surface area contributed by atoms with Crippen LogP contribution in [-0.2, 0) is 0 Å². The minimum Gasteiger partial charge on any atom is -0.495 e. The molecule has 1 unspecified atom stereocenters. The summed E-state index contributed by atoms with van der Waals surface area (Å²) in [6.07, 6.45) is 0.996. The third-order valence-electron chi connectivity index (χ3n) is 2.49. The number of nitrogens with two attached hydrogens (primary N) is 1. The van der Waals surface area contributed by atoms with Crippen molar-refractivity contribution in [3.05, 3.63) is 23.2 Å². The molecule has 1 aromatic rings. The number of nitrogens with one attached hydrogen (secondary N) is 1. The van der Waals surface area contributed by atoms with Gasteiger partial charge in [0.05, 0.1) is 12.8 Å². The molecular formula is C13H21ClN2O. The molecule has 0 spiro atoms. The molecular weight excluding hydrogens is 236 g/mol. The molecule has 96 valence electrons. The Morgan fingerprint density at radius 1 is 1.41 bits per heavy atom. The summed E-state index contributed by atoms with van der Waals surface area (Å²) in [6, 6.07) is 5.64. The van der Waals surface area contributed by atoms with Gasteiger partial charge in [0.2, 0.25) is 0 Å². The Hall–Kier alpha value is -0.930. The number of halogens is 1. The van der Waals surface area contributed by atoms with E-state index in [1.165, 1.54) is 0 Å². The Kier molecular flexibility index (Phi) is 5.59. The van der Waals surface area contributed by atoms with Crippen LogP contribution in [0.3, 0.4) is 0 Å². The van der Waals surface area contributed by atoms with E-state index in [4.69, 9.17) is 22.1 Å². The van der Waals surface area contributed by atoms with Gasteiger partial charge in [0.15, 0.2) is 0 Å². The van der Waals surface area contributed by atoms with Crippen molar-refractivity contribution in [2.45, 2.75) is 26.3 Å². The van der Waals surface area contributed by atoms with E-state index in [9.17, 15) is 0 Å². The normalized spacial score (nSPS) is 12.6. The van der Waals surface area contributed by atoms with Crippen LogP contribution in [0, 0.1) is 5.92 Å². The lowest BCUT2D eigenvalue weighted by Gasteiger charge is -2.17. The van der Waals surface area contributed by atoms with Crippen LogP contribution in [0.5, 0.6) is 5.75 Å². The summed E-state index contributed by atoms with van der Waals surface area (Å²) >= 11 is 5.95. The number of hydrogen-bond acceptors (Lipinski definition) is 3. The van der Waals surface area contributed by atoms with E-state index in [1.807, 2.05) is 12.1 Å². The van der Waals surface area contributed by atoms with Crippen LogP contribution in [0.2, 0.25) is 5.02 Å². The fourth-order valence-corrected chi connectivity index (χ4v) is 1.92. The molecule has 1 rings (SSSR count). The number of methoxy groups -OCH3 is 1. The highest BCUT2D eigenvalue weighted by Crippen LogP contribution is 2.27. The maximum atomic E-state index is 6.02. The monoisotopic (exact) mass is 256 g/mol. The summed E-state index contributed by atoms with van der Waals surface area (Å²) in [5.41, 5.74) is 6.90. The SMILES string of the molecule is COc1ccc(Cl)cc1NCC(N)CC(C)C. The number of anilines is 1. The smallest absolute Gasteiger partial charge is 0.142 e. The van der Waals surface area contributed by atoms with Gasteiger partial charge in [-0.1, -0.05) is 25.4 Å². The molecule has 0 heterocycles. The molecule has 3 nitrogen and oxygen atoms in total. The maximum Gasteiger partial charge on any atom is 0.142 e. The van der Waals surface area contributed by atoms with Crippen molar-refractivity contribution >= 4 is 17.3 Å². The largest absolute Gasteiger partial charge is 0.495 e. The first-order valence-electron chi connectivity index (χ1n) is 5.86. The molecule has 1 aromatic carbocycles. The van der Waals surface area contributed by atoms with Gasteiger partial charge in [-0.05, 0) is 30.5 Å². The second kappa shape index (κ2) is 6.72. The zero-order valence-electron chi connectivity index (χ0n) is 10.7. The number of hydrogen-bond donors (Lipinski definition) is 2. The standard InChI is InChI=1S/C13H21ClN2O/c1-9(2)6-11(15)8-16-12-7-10(14)4-5-13(12)17-3/h4-5,7,9,11,16H,6,8,15H2,1-3H3. The zero-order chi connectivity index (χ0) is 12.8. The van der Waals surface area contributed by atoms with Crippen LogP contribution < -0.4 is 15.8 Å². The molecule has 0 saturated heterocycles. The molecule has 0 aromatic heterocycles. The van der Waals surface area contributed by atoms with Gasteiger partial charge >= 0.3 is 0 Å². The van der Waals surface area contributed by atoms with E-state index in [-0.39, 0.29) is 6.04 Å². The Morgan fingerprint density at radius 2 is 2.12 bits per heavy atom. The second-order valence-electron chi connectivity index (χ2n) is 4.62. The first-order chi connectivity index (χ1) is 8.02. The quantitative estimate of drug-likeness (QED) is 0.822. The highest BCUT2D eigenvalue weighted by atomic mass is 35.5. The summed E-state index contributed by atoms with van der Waals surface area (Å²) in [7, 11) is 1.64. The van der Waals surface area contributed by atoms with Gasteiger partial charge in [0.25, 0.3) is 0 Å². The predicted octanol–water partition coefficient (Wildman–Crippen LogP) is 3.13. The third-order valence-corrected chi connectivity index (χ3v) is 2.73. The Labute approximate surface area is 108 Å². The summed E-state index contributed by atoms with van der Waals surface area (Å²) in [5, 5.41) is 3.96. The molecule has 0 bridgehead atoms. The van der Waals surface area contributed by atoms with Gasteiger partial charge in [-0.3, -0.25) is 0 Å². The minimum atomic E-state index is 0.138. The molecule has 4 heteroatoms. The van der Waals surface area contributed by atoms with Crippen molar-refractivity contribution in [3.63, 3.8) is 0 Å². The minimum absolute atomic E-state index is 0.138. The van der Waals surface area contributed by atoms with E-state index >= 15 is 0 Å². The number of benzene rings is 1. The van der Waals surface area contributed by atoms with Gasteiger partial charge in [-0.25, -0.2) is 0 Å². The molecule has 0 aliphatic rings. The summed E-state index contributed by atoms with van der Waals surface area (Å²) < 4.78 is 5.25. The Balaban J connectivity index is 2.58. The van der Waals surface area contributed by atoms with E-state index in [1.54, 1.807) is 13.2 Å². The van der Waals surface area contributed by atoms with Crippen LogP contribution in [0.4, 0.5) is 5.69 Å². The van der Waals surface area contributed by atoms with Crippen LogP contribution >= 0.6 is 11.6 Å². The van der Waals surface area contributed by atoms with Gasteiger partial charge < -0.3 is 15.8 Å². The Morgan fingerprint density at radius 3 is 2.71 bits per heavy atom. The third kappa shape index (κ3) is 4.84. The molecule has 17 heavy (non-hydrogen) atoms. The highest BCUT2D eigenvalue weighted by molar-refractivity contribution is 6.30. The fraction of sp³-hybridized carbons (Fsp3) is 0.538. The van der Waals surface area contributed by atoms with Gasteiger partial charge in [0.1, 0.15) is 5.75 Å². The van der Waals surface area contributed by atoms with Crippen molar-refractivity contribution in [2.24, 2.45) is 11.7 Å². The molecule has 0 radical (unpaired) electrons. The van der Waals surface area contributed by atoms with Crippen LogP contribution in [0.25, 0.3) is 0 Å². The first-order valence-corrected chi connectivity index (χ1v) is 6.23. The van der Waals surface area contributed by atoms with Crippen LogP contribution in [0.15, 0.2) is 18.2 Å². The molecule has 0 aliphatic carbocycles. The summed E-state index contributed by atoms with van der Waals surface area (Å²) in [5.74, 6) is 1.39. The lowest BCUT2D eigenvalue weighted by atomic mass is 10.0. The van der Waals surface area contributed by atoms with Gasteiger partial charge in [-0.15, -0.1) is 0 Å². The van der Waals surface area contributed by atoms with Crippen LogP contribution in [-0.4, -0.2) is 19.7 Å². The average Bonchev–Trinajstić information content (AvgIpc) is 2.25. The molecule has 0 fully saturated rings. The lowest BCUT2D eigenvalue weighted by Crippen LogP contribution is -2.30. The van der Waals surface area contributed by atoms with E-state index in [2.05, 4.69) is 19.2 Å². The van der Waals surface area contributed by atoms with Crippen molar-refractivity contribution in [2.75, 3.05) is 19.0 Å². The molecule has 3 N–H and O–H groups in total. The number of rotatable bonds is 6. The van der Waals surface area contributed by atoms with E-state index < -0.39 is 0 Å². The van der Waals surface area contributed by atoms with Crippen molar-refractivity contribution in [1.82, 2.24) is 0 Å². The predicted molar refractivity (Wildman–Crippen MR) is 73.9 cm³/mol. The van der Waals surface area contributed by atoms with Gasteiger partial charge in [-0.2, -0.15) is 0 Å². The van der Waals surface area contributed by atoms with E-state index in [0.29, 0.717) is 10.9 Å². The maximum absolute atomic E-state index is 6.02. The summed E-state index contributed by atoms with van der Waals surface area (Å²) in [4.78, 5) is 0. The van der Waals surface area contributed by atoms with Crippen molar-refractivity contribution < 1.29 is 4.74 Å². The number of ether oxygens (including phenoxy) is 1. The Bertz CT molecular complexity index is 355. The molecule has 0 saturated carbocycles. The summed E-state index contributed by atoms with van der Waals surface area (Å²) in [6.45, 7) is 5.05. The van der Waals surface area contributed by atoms with Gasteiger partial charge in [0, 0.05) is 17.6 Å². The van der Waals surface area contributed by atoms with Crippen molar-refractivity contribution in [3.8, 4) is 5.75 Å².